The zero-order chi connectivity index (χ0) is 22.7. The number of cyclic esters (lactones) is 2. The molecule has 0 unspecified atom stereocenters. The number of rotatable bonds is 5. The van der Waals surface area contributed by atoms with E-state index in [-0.39, 0.29) is 24.8 Å². The summed E-state index contributed by atoms with van der Waals surface area (Å²) in [4.78, 5) is 38.8. The van der Waals surface area contributed by atoms with Gasteiger partial charge in [0, 0.05) is 6.08 Å². The van der Waals surface area contributed by atoms with Gasteiger partial charge in [-0.2, -0.15) is 0 Å². The first-order valence-corrected chi connectivity index (χ1v) is 12.9. The third-order valence-electron chi connectivity index (χ3n) is 5.72. The molecule has 0 aliphatic carbocycles. The van der Waals surface area contributed by atoms with Crippen LogP contribution in [0.5, 0.6) is 0 Å². The van der Waals surface area contributed by atoms with Crippen LogP contribution in [0.2, 0.25) is 18.1 Å². The van der Waals surface area contributed by atoms with E-state index in [1.54, 1.807) is 19.9 Å². The van der Waals surface area contributed by atoms with Gasteiger partial charge < -0.3 is 13.9 Å². The molecule has 3 amide bonds. The van der Waals surface area contributed by atoms with Gasteiger partial charge in [0.2, 0.25) is 0 Å². The molecular formula is C21H32N2O6Si. The van der Waals surface area contributed by atoms with Crippen LogP contribution in [0.1, 0.15) is 34.6 Å². The average Bonchev–Trinajstić information content (AvgIpc) is 3.10. The lowest BCUT2D eigenvalue weighted by Gasteiger charge is -2.35. The molecule has 0 spiro atoms. The third-order valence-corrected chi connectivity index (χ3v) is 10.2. The highest BCUT2D eigenvalue weighted by atomic mass is 28.4. The Morgan fingerprint density at radius 2 is 1.90 bits per heavy atom. The molecule has 0 radical (unpaired) electrons. The molecule has 0 aromatic carbocycles. The van der Waals surface area contributed by atoms with Crippen LogP contribution in [0.4, 0.5) is 9.59 Å². The van der Waals surface area contributed by atoms with Crippen LogP contribution in [-0.2, 0) is 18.7 Å². The highest BCUT2D eigenvalue weighted by Crippen LogP contribution is 2.36. The lowest BCUT2D eigenvalue weighted by atomic mass is 10.1. The lowest BCUT2D eigenvalue weighted by molar-refractivity contribution is -0.125. The predicted octanol–water partition coefficient (Wildman–Crippen LogP) is 3.15. The minimum Gasteiger partial charge on any atom is -0.447 e. The molecule has 0 N–H and O–H groups in total. The van der Waals surface area contributed by atoms with Crippen molar-refractivity contribution in [1.82, 2.24) is 9.80 Å². The number of hydrogen-bond acceptors (Lipinski definition) is 6. The summed E-state index contributed by atoms with van der Waals surface area (Å²) in [6.45, 7) is 15.0. The number of carbonyl (C=O) groups excluding carboxylic acids is 3. The molecule has 2 fully saturated rings. The predicted molar refractivity (Wildman–Crippen MR) is 114 cm³/mol. The second kappa shape index (κ2) is 8.82. The van der Waals surface area contributed by atoms with Crippen LogP contribution >= 0.6 is 0 Å². The van der Waals surface area contributed by atoms with E-state index in [0.29, 0.717) is 6.61 Å². The van der Waals surface area contributed by atoms with E-state index in [2.05, 4.69) is 45.7 Å². The van der Waals surface area contributed by atoms with Gasteiger partial charge in [-0.05, 0) is 32.0 Å². The van der Waals surface area contributed by atoms with Crippen LogP contribution in [0.15, 0.2) is 12.2 Å². The van der Waals surface area contributed by atoms with Crippen molar-refractivity contribution in [2.75, 3.05) is 26.4 Å². The number of carbonyl (C=O) groups is 3. The topological polar surface area (TPSA) is 85.4 Å². The van der Waals surface area contributed by atoms with Gasteiger partial charge >= 0.3 is 12.2 Å². The Hall–Kier alpha value is -2.31. The van der Waals surface area contributed by atoms with Gasteiger partial charge in [0.05, 0.1) is 24.7 Å². The van der Waals surface area contributed by atoms with Gasteiger partial charge in [0.25, 0.3) is 5.91 Å². The zero-order valence-electron chi connectivity index (χ0n) is 18.9. The van der Waals surface area contributed by atoms with Crippen LogP contribution in [0, 0.1) is 11.8 Å². The molecule has 0 bridgehead atoms. The van der Waals surface area contributed by atoms with Gasteiger partial charge in [0.1, 0.15) is 13.2 Å². The van der Waals surface area contributed by atoms with Gasteiger partial charge in [-0.15, -0.1) is 0 Å². The Bertz CT molecular complexity index is 788. The molecule has 2 rings (SSSR count). The Morgan fingerprint density at radius 1 is 1.23 bits per heavy atom. The number of hydrogen-bond donors (Lipinski definition) is 0. The first-order chi connectivity index (χ1) is 13.8. The van der Waals surface area contributed by atoms with Gasteiger partial charge in [-0.25, -0.2) is 14.5 Å². The van der Waals surface area contributed by atoms with Gasteiger partial charge in [-0.1, -0.05) is 38.7 Å². The van der Waals surface area contributed by atoms with E-state index in [1.807, 2.05) is 0 Å². The summed E-state index contributed by atoms with van der Waals surface area (Å²) < 4.78 is 16.0. The minimum atomic E-state index is -1.87. The molecule has 9 heteroatoms. The number of imide groups is 1. The Morgan fingerprint density at radius 3 is 2.47 bits per heavy atom. The van der Waals surface area contributed by atoms with Crippen molar-refractivity contribution in [3.05, 3.63) is 12.2 Å². The normalized spacial score (nSPS) is 21.5. The molecule has 1 atom stereocenters. The summed E-state index contributed by atoms with van der Waals surface area (Å²) in [5.74, 6) is 5.41. The van der Waals surface area contributed by atoms with E-state index < -0.39 is 38.0 Å². The molecule has 8 nitrogen and oxygen atoms in total. The lowest BCUT2D eigenvalue weighted by Crippen LogP contribution is -2.45. The summed E-state index contributed by atoms with van der Waals surface area (Å²) >= 11 is 0. The molecule has 2 heterocycles. The van der Waals surface area contributed by atoms with E-state index in [0.717, 1.165) is 4.90 Å². The van der Waals surface area contributed by atoms with Crippen molar-refractivity contribution >= 4 is 26.4 Å². The van der Waals surface area contributed by atoms with Crippen molar-refractivity contribution in [2.24, 2.45) is 0 Å². The van der Waals surface area contributed by atoms with E-state index >= 15 is 0 Å². The number of amides is 3. The summed E-state index contributed by atoms with van der Waals surface area (Å²) in [5.41, 5.74) is -0.712. The molecule has 0 aromatic heterocycles. The van der Waals surface area contributed by atoms with Crippen LogP contribution < -0.4 is 0 Å². The third kappa shape index (κ3) is 5.43. The quantitative estimate of drug-likeness (QED) is 0.374. The Balaban J connectivity index is 1.94. The fourth-order valence-electron chi connectivity index (χ4n) is 2.70. The molecule has 0 aromatic rings. The first kappa shape index (κ1) is 24.0. The highest BCUT2D eigenvalue weighted by Gasteiger charge is 2.43. The average molecular weight is 437 g/mol. The zero-order valence-corrected chi connectivity index (χ0v) is 19.9. The van der Waals surface area contributed by atoms with Crippen LogP contribution in [-0.4, -0.2) is 74.2 Å². The molecule has 0 saturated carbocycles. The van der Waals surface area contributed by atoms with Crippen molar-refractivity contribution in [1.29, 1.82) is 0 Å². The summed E-state index contributed by atoms with van der Waals surface area (Å²) in [6, 6.07) is -0.432. The number of nitrogens with zero attached hydrogens (tertiary/aromatic N) is 2. The minimum absolute atomic E-state index is 0.103. The summed E-state index contributed by atoms with van der Waals surface area (Å²) in [7, 11) is -1.87. The smallest absolute Gasteiger partial charge is 0.417 e. The van der Waals surface area contributed by atoms with Crippen molar-refractivity contribution < 1.29 is 28.3 Å². The van der Waals surface area contributed by atoms with Crippen molar-refractivity contribution in [2.45, 2.75) is 64.3 Å². The van der Waals surface area contributed by atoms with E-state index in [1.165, 1.54) is 11.0 Å². The van der Waals surface area contributed by atoms with Crippen LogP contribution in [0.3, 0.4) is 0 Å². The summed E-state index contributed by atoms with van der Waals surface area (Å²) in [5, 5.41) is 0.103. The molecule has 2 aliphatic heterocycles. The Kier molecular flexibility index (Phi) is 7.04. The van der Waals surface area contributed by atoms with Gasteiger partial charge in [-0.3, -0.25) is 9.69 Å². The number of ether oxygens (including phenoxy) is 2. The SMILES string of the molecule is CC1(C)COC(=O)N1C(=O)/C=C/[C@H]1COC(=O)N1CC#CCO[Si](C)(C)C(C)(C)C. The van der Waals surface area contributed by atoms with Crippen molar-refractivity contribution in [3.63, 3.8) is 0 Å². The van der Waals surface area contributed by atoms with Crippen LogP contribution in [0.25, 0.3) is 0 Å². The monoisotopic (exact) mass is 436 g/mol. The maximum atomic E-state index is 12.4. The molecule has 166 valence electrons. The van der Waals surface area contributed by atoms with E-state index in [9.17, 15) is 14.4 Å². The molecular weight excluding hydrogens is 404 g/mol. The second-order valence-corrected chi connectivity index (χ2v) is 14.4. The molecule has 2 aliphatic rings. The van der Waals surface area contributed by atoms with Crippen molar-refractivity contribution in [3.8, 4) is 11.8 Å². The van der Waals surface area contributed by atoms with Gasteiger partial charge in [0.15, 0.2) is 8.32 Å². The summed E-state index contributed by atoms with van der Waals surface area (Å²) in [6.07, 6.45) is 1.68. The Labute approximate surface area is 179 Å². The standard InChI is InChI=1S/C21H32N2O6Si/c1-20(2,3)30(6,7)29-13-9-8-12-22-16(14-27-18(22)25)10-11-17(24)23-19(26)28-15-21(23,4)5/h10-11,16H,12-15H2,1-7H3/b11-10+/t16-/m0/s1. The maximum absolute atomic E-state index is 12.4. The van der Waals surface area contributed by atoms with E-state index in [4.69, 9.17) is 13.9 Å². The second-order valence-electron chi connectivity index (χ2n) is 9.57. The highest BCUT2D eigenvalue weighted by molar-refractivity contribution is 6.74. The molecule has 30 heavy (non-hydrogen) atoms. The fraction of sp³-hybridized carbons (Fsp3) is 0.667. The molecule has 2 saturated heterocycles. The first-order valence-electron chi connectivity index (χ1n) is 9.98. The fourth-order valence-corrected chi connectivity index (χ4v) is 3.57. The largest absolute Gasteiger partial charge is 0.447 e. The maximum Gasteiger partial charge on any atom is 0.417 e.